The monoisotopic (exact) mass is 498 g/mol. The van der Waals surface area contributed by atoms with Crippen molar-refractivity contribution in [2.45, 2.75) is 19.4 Å². The minimum Gasteiger partial charge on any atom is -0.378 e. The number of rotatable bonds is 5. The van der Waals surface area contributed by atoms with Gasteiger partial charge in [0, 0.05) is 32.4 Å². The topological polar surface area (TPSA) is 39.2 Å². The highest BCUT2D eigenvalue weighted by molar-refractivity contribution is 8.27. The first-order valence-electron chi connectivity index (χ1n) is 11.4. The van der Waals surface area contributed by atoms with E-state index in [0.717, 1.165) is 40.2 Å². The zero-order chi connectivity index (χ0) is 24.5. The second kappa shape index (κ2) is 9.68. The van der Waals surface area contributed by atoms with E-state index in [4.69, 9.17) is 17.3 Å². The fourth-order valence-electron chi connectivity index (χ4n) is 4.21. The molecule has 3 aromatic rings. The summed E-state index contributed by atoms with van der Waals surface area (Å²) in [5, 5.41) is 6.87. The molecule has 1 unspecified atom stereocenters. The number of benzene rings is 3. The first-order valence-corrected chi connectivity index (χ1v) is 12.7. The number of carbonyl (C=O) groups excluding carboxylic acids is 1. The van der Waals surface area contributed by atoms with E-state index >= 15 is 0 Å². The average molecular weight is 499 g/mol. The van der Waals surface area contributed by atoms with Gasteiger partial charge in [-0.1, -0.05) is 84.1 Å². The molecule has 7 heteroatoms. The Morgan fingerprint density at radius 3 is 2.34 bits per heavy atom. The molecule has 1 amide bonds. The predicted octanol–water partition coefficient (Wildman–Crippen LogP) is 6.12. The maximum Gasteiger partial charge on any atom is 0.272 e. The van der Waals surface area contributed by atoms with Gasteiger partial charge in [-0.3, -0.25) is 14.7 Å². The number of hydrogen-bond donors (Lipinski definition) is 0. The molecule has 2 aliphatic rings. The van der Waals surface area contributed by atoms with Crippen LogP contribution in [0.15, 0.2) is 95.1 Å². The summed E-state index contributed by atoms with van der Waals surface area (Å²) in [6.07, 6.45) is 2.61. The molecule has 176 valence electrons. The molecule has 1 fully saturated rings. The molecule has 3 aromatic carbocycles. The van der Waals surface area contributed by atoms with Crippen LogP contribution in [-0.2, 0) is 4.79 Å². The molecule has 0 aliphatic carbocycles. The molecule has 0 N–H and O–H groups in total. The van der Waals surface area contributed by atoms with Crippen LogP contribution in [0.2, 0.25) is 0 Å². The third-order valence-electron chi connectivity index (χ3n) is 6.18. The molecule has 1 saturated heterocycles. The van der Waals surface area contributed by atoms with Gasteiger partial charge in [-0.2, -0.15) is 5.10 Å². The lowest BCUT2D eigenvalue weighted by Gasteiger charge is -2.22. The Kier molecular flexibility index (Phi) is 6.45. The number of anilines is 2. The van der Waals surface area contributed by atoms with Gasteiger partial charge in [-0.05, 0) is 42.3 Å². The smallest absolute Gasteiger partial charge is 0.272 e. The maximum absolute atomic E-state index is 13.4. The van der Waals surface area contributed by atoms with Gasteiger partial charge in [0.2, 0.25) is 0 Å². The lowest BCUT2D eigenvalue weighted by Crippen LogP contribution is -2.27. The van der Waals surface area contributed by atoms with Crippen LogP contribution in [0.5, 0.6) is 0 Å². The fraction of sp³-hybridized carbons (Fsp3) is 0.179. The zero-order valence-corrected chi connectivity index (χ0v) is 21.5. The van der Waals surface area contributed by atoms with Crippen LogP contribution in [0, 0.1) is 6.92 Å². The largest absolute Gasteiger partial charge is 0.378 e. The summed E-state index contributed by atoms with van der Waals surface area (Å²) < 4.78 is 0.531. The molecule has 0 radical (unpaired) electrons. The number of nitrogens with zero attached hydrogens (tertiary/aromatic N) is 4. The van der Waals surface area contributed by atoms with E-state index in [0.29, 0.717) is 9.23 Å². The van der Waals surface area contributed by atoms with E-state index < -0.39 is 0 Å². The van der Waals surface area contributed by atoms with Gasteiger partial charge in [0.1, 0.15) is 0 Å². The van der Waals surface area contributed by atoms with Crippen molar-refractivity contribution in [3.63, 3.8) is 0 Å². The molecule has 0 aromatic heterocycles. The van der Waals surface area contributed by atoms with Gasteiger partial charge in [0.15, 0.2) is 4.32 Å². The molecule has 0 bridgehead atoms. The van der Waals surface area contributed by atoms with Crippen LogP contribution in [0.3, 0.4) is 0 Å². The minimum atomic E-state index is -0.117. The van der Waals surface area contributed by atoms with Gasteiger partial charge < -0.3 is 4.90 Å². The van der Waals surface area contributed by atoms with Crippen molar-refractivity contribution in [3.8, 4) is 0 Å². The molecule has 0 spiro atoms. The molecular weight excluding hydrogens is 472 g/mol. The van der Waals surface area contributed by atoms with Crippen LogP contribution in [0.25, 0.3) is 0 Å². The second-order valence-corrected chi connectivity index (χ2v) is 10.5. The Hall–Kier alpha value is -3.42. The summed E-state index contributed by atoms with van der Waals surface area (Å²) in [6.45, 7) is 2.02. The molecular formula is C28H26N4OS2. The molecule has 2 heterocycles. The van der Waals surface area contributed by atoms with Crippen molar-refractivity contribution < 1.29 is 4.79 Å². The lowest BCUT2D eigenvalue weighted by molar-refractivity contribution is -0.113. The van der Waals surface area contributed by atoms with Crippen molar-refractivity contribution in [1.29, 1.82) is 0 Å². The van der Waals surface area contributed by atoms with Crippen molar-refractivity contribution in [1.82, 2.24) is 5.01 Å². The number of hydrogen-bond acceptors (Lipinski definition) is 6. The van der Waals surface area contributed by atoms with Gasteiger partial charge in [0.05, 0.1) is 22.3 Å². The van der Waals surface area contributed by atoms with Gasteiger partial charge in [0.25, 0.3) is 5.91 Å². The first-order chi connectivity index (χ1) is 16.9. The SMILES string of the molecule is Cc1ccc(N2C(=O)/C(=C/N3N=C(c4ccccc4)CC3c3ccc(N(C)C)cc3)SC2=S)cc1. The molecule has 5 rings (SSSR count). The second-order valence-electron chi connectivity index (χ2n) is 8.84. The van der Waals surface area contributed by atoms with Crippen LogP contribution in [0.4, 0.5) is 11.4 Å². The van der Waals surface area contributed by atoms with Gasteiger partial charge in [-0.25, -0.2) is 0 Å². The van der Waals surface area contributed by atoms with E-state index in [1.807, 2.05) is 74.7 Å². The van der Waals surface area contributed by atoms with E-state index in [1.54, 1.807) is 4.90 Å². The molecule has 2 aliphatic heterocycles. The van der Waals surface area contributed by atoms with Gasteiger partial charge >= 0.3 is 0 Å². The Morgan fingerprint density at radius 2 is 1.69 bits per heavy atom. The summed E-state index contributed by atoms with van der Waals surface area (Å²) in [7, 11) is 4.06. The first kappa shape index (κ1) is 23.3. The average Bonchev–Trinajstić information content (AvgIpc) is 3.41. The summed E-state index contributed by atoms with van der Waals surface area (Å²) in [5.74, 6) is -0.117. The third-order valence-corrected chi connectivity index (χ3v) is 7.47. The van der Waals surface area contributed by atoms with E-state index in [-0.39, 0.29) is 11.9 Å². The predicted molar refractivity (Wildman–Crippen MR) is 150 cm³/mol. The Balaban J connectivity index is 1.49. The van der Waals surface area contributed by atoms with Crippen LogP contribution < -0.4 is 9.80 Å². The normalized spacial score (nSPS) is 19.0. The number of thioether (sulfide) groups is 1. The van der Waals surface area contributed by atoms with E-state index in [2.05, 4.69) is 41.3 Å². The van der Waals surface area contributed by atoms with E-state index in [9.17, 15) is 4.79 Å². The number of aryl methyl sites for hydroxylation is 1. The van der Waals surface area contributed by atoms with Crippen molar-refractivity contribution >= 4 is 51.3 Å². The lowest BCUT2D eigenvalue weighted by atomic mass is 9.98. The fourth-order valence-corrected chi connectivity index (χ4v) is 5.48. The van der Waals surface area contributed by atoms with Crippen molar-refractivity contribution in [3.05, 3.63) is 107 Å². The number of amides is 1. The zero-order valence-electron chi connectivity index (χ0n) is 19.9. The minimum absolute atomic E-state index is 0.00989. The Labute approximate surface area is 215 Å². The molecule has 0 saturated carbocycles. The highest BCUT2D eigenvalue weighted by Gasteiger charge is 2.36. The standard InChI is InChI=1S/C28H26N4OS2/c1-19-9-13-23(14-10-19)32-27(33)26(35-28(32)34)18-31-25(21-11-15-22(16-12-21)30(2)3)17-24(29-31)20-7-5-4-6-8-20/h4-16,18,25H,17H2,1-3H3/b26-18-. The molecule has 1 atom stereocenters. The third kappa shape index (κ3) is 4.74. The molecule has 35 heavy (non-hydrogen) atoms. The molecule has 5 nitrogen and oxygen atoms in total. The van der Waals surface area contributed by atoms with Crippen molar-refractivity contribution in [2.75, 3.05) is 23.9 Å². The van der Waals surface area contributed by atoms with Crippen molar-refractivity contribution in [2.24, 2.45) is 5.10 Å². The summed E-state index contributed by atoms with van der Waals surface area (Å²) in [4.78, 5) is 17.6. The van der Waals surface area contributed by atoms with Crippen LogP contribution >= 0.6 is 24.0 Å². The summed E-state index contributed by atoms with van der Waals surface area (Å²) in [6, 6.07) is 26.5. The number of hydrazone groups is 1. The highest BCUT2D eigenvalue weighted by Crippen LogP contribution is 2.39. The number of thiocarbonyl (C=S) groups is 1. The van der Waals surface area contributed by atoms with Gasteiger partial charge in [-0.15, -0.1) is 0 Å². The number of carbonyl (C=O) groups is 1. The maximum atomic E-state index is 13.4. The highest BCUT2D eigenvalue weighted by atomic mass is 32.2. The van der Waals surface area contributed by atoms with E-state index in [1.165, 1.54) is 11.8 Å². The summed E-state index contributed by atoms with van der Waals surface area (Å²) >= 11 is 6.90. The van der Waals surface area contributed by atoms with Crippen LogP contribution in [-0.4, -0.2) is 35.0 Å². The Morgan fingerprint density at radius 1 is 1.00 bits per heavy atom. The Bertz CT molecular complexity index is 1320. The quantitative estimate of drug-likeness (QED) is 0.313. The van der Waals surface area contributed by atoms with Crippen LogP contribution in [0.1, 0.15) is 29.2 Å². The summed E-state index contributed by atoms with van der Waals surface area (Å²) in [5.41, 5.74) is 6.30.